The number of carbonyl (C=O) groups excluding carboxylic acids is 1. The molecule has 0 aliphatic heterocycles. The lowest BCUT2D eigenvalue weighted by Crippen LogP contribution is -2.16. The smallest absolute Gasteiger partial charge is 0.261 e. The predicted molar refractivity (Wildman–Crippen MR) is 99.8 cm³/mol. The van der Waals surface area contributed by atoms with Crippen LogP contribution in [0.5, 0.6) is 5.75 Å². The molecule has 0 aliphatic rings. The van der Waals surface area contributed by atoms with Crippen molar-refractivity contribution in [3.63, 3.8) is 0 Å². The molecule has 1 heterocycles. The molecule has 1 N–H and O–H groups in total. The van der Waals surface area contributed by atoms with Crippen LogP contribution in [0.1, 0.15) is 11.4 Å². The molecular weight excluding hydrogens is 377 g/mol. The molecule has 0 saturated heterocycles. The van der Waals surface area contributed by atoms with Crippen molar-refractivity contribution >= 4 is 34.8 Å². The minimum absolute atomic E-state index is 0.0433. The normalized spacial score (nSPS) is 10.6. The number of benzene rings is 2. The van der Waals surface area contributed by atoms with Crippen LogP contribution < -0.4 is 10.1 Å². The molecule has 0 fully saturated rings. The van der Waals surface area contributed by atoms with Gasteiger partial charge >= 0.3 is 0 Å². The number of amides is 1. The molecule has 0 bridgehead atoms. The van der Waals surface area contributed by atoms with Crippen molar-refractivity contribution in [3.8, 4) is 17.2 Å². The summed E-state index contributed by atoms with van der Waals surface area (Å²) in [5.74, 6) is 0.745. The minimum atomic E-state index is -0.277. The van der Waals surface area contributed by atoms with E-state index in [1.54, 1.807) is 36.4 Å². The third kappa shape index (κ3) is 3.98. The van der Waals surface area contributed by atoms with E-state index in [0.717, 1.165) is 5.56 Å². The van der Waals surface area contributed by atoms with E-state index in [0.29, 0.717) is 27.0 Å². The molecule has 1 amide bonds. The van der Waals surface area contributed by atoms with Crippen molar-refractivity contribution in [1.29, 1.82) is 0 Å². The molecule has 26 heavy (non-hydrogen) atoms. The van der Waals surface area contributed by atoms with E-state index in [4.69, 9.17) is 32.5 Å². The average molecular weight is 392 g/mol. The van der Waals surface area contributed by atoms with Crippen molar-refractivity contribution in [2.75, 3.05) is 12.4 Å². The average Bonchev–Trinajstić information content (AvgIpc) is 3.07. The first-order valence-corrected chi connectivity index (χ1v) is 8.45. The molecule has 0 saturated carbocycles. The number of anilines is 1. The molecule has 3 aromatic rings. The van der Waals surface area contributed by atoms with E-state index >= 15 is 0 Å². The Morgan fingerprint density at radius 1 is 1.27 bits per heavy atom. The SMILES string of the molecule is COc1ccc(Cl)cc1-c1nc(CC(=O)Nc2cccc(Cl)c2C)no1. The zero-order valence-corrected chi connectivity index (χ0v) is 15.6. The van der Waals surface area contributed by atoms with Crippen LogP contribution >= 0.6 is 23.2 Å². The number of rotatable bonds is 5. The number of methoxy groups -OCH3 is 1. The first kappa shape index (κ1) is 18.2. The monoisotopic (exact) mass is 391 g/mol. The summed E-state index contributed by atoms with van der Waals surface area (Å²) in [5, 5.41) is 7.73. The van der Waals surface area contributed by atoms with Crippen molar-refractivity contribution in [2.24, 2.45) is 0 Å². The maximum atomic E-state index is 12.2. The third-order valence-corrected chi connectivity index (χ3v) is 4.37. The summed E-state index contributed by atoms with van der Waals surface area (Å²) in [6.07, 6.45) is -0.0433. The van der Waals surface area contributed by atoms with E-state index in [1.807, 2.05) is 6.92 Å². The Balaban J connectivity index is 1.75. The van der Waals surface area contributed by atoms with Gasteiger partial charge in [-0.25, -0.2) is 0 Å². The molecule has 8 heteroatoms. The summed E-state index contributed by atoms with van der Waals surface area (Å²) >= 11 is 12.1. The quantitative estimate of drug-likeness (QED) is 0.690. The fourth-order valence-corrected chi connectivity index (χ4v) is 2.71. The van der Waals surface area contributed by atoms with E-state index in [1.165, 1.54) is 7.11 Å². The molecule has 0 aliphatic carbocycles. The van der Waals surface area contributed by atoms with Crippen LogP contribution in [0.3, 0.4) is 0 Å². The Morgan fingerprint density at radius 3 is 2.85 bits per heavy atom. The summed E-state index contributed by atoms with van der Waals surface area (Å²) in [5.41, 5.74) is 1.99. The van der Waals surface area contributed by atoms with Gasteiger partial charge in [0.15, 0.2) is 5.82 Å². The lowest BCUT2D eigenvalue weighted by atomic mass is 10.2. The van der Waals surface area contributed by atoms with Gasteiger partial charge in [0.1, 0.15) is 5.75 Å². The second-order valence-corrected chi connectivity index (χ2v) is 6.34. The molecule has 0 atom stereocenters. The number of nitrogens with one attached hydrogen (secondary N) is 1. The largest absolute Gasteiger partial charge is 0.496 e. The van der Waals surface area contributed by atoms with Crippen LogP contribution in [0.4, 0.5) is 5.69 Å². The highest BCUT2D eigenvalue weighted by Crippen LogP contribution is 2.31. The van der Waals surface area contributed by atoms with Crippen molar-refractivity contribution in [1.82, 2.24) is 10.1 Å². The third-order valence-electron chi connectivity index (χ3n) is 3.72. The highest BCUT2D eigenvalue weighted by molar-refractivity contribution is 6.31. The second-order valence-electron chi connectivity index (χ2n) is 5.50. The first-order valence-electron chi connectivity index (χ1n) is 7.69. The number of carbonyl (C=O) groups is 1. The standard InChI is InChI=1S/C18H15Cl2N3O3/c1-10-13(20)4-3-5-14(10)21-17(24)9-16-22-18(26-23-16)12-8-11(19)6-7-15(12)25-2/h3-8H,9H2,1-2H3,(H,21,24). The van der Waals surface area contributed by atoms with Gasteiger partial charge in [-0.2, -0.15) is 4.98 Å². The Kier molecular flexibility index (Phi) is 5.44. The van der Waals surface area contributed by atoms with Crippen molar-refractivity contribution < 1.29 is 14.1 Å². The Hall–Kier alpha value is -2.57. The highest BCUT2D eigenvalue weighted by Gasteiger charge is 2.17. The van der Waals surface area contributed by atoms with Crippen LogP contribution in [0.25, 0.3) is 11.5 Å². The van der Waals surface area contributed by atoms with Gasteiger partial charge in [-0.1, -0.05) is 34.4 Å². The van der Waals surface area contributed by atoms with Gasteiger partial charge in [-0.15, -0.1) is 0 Å². The lowest BCUT2D eigenvalue weighted by molar-refractivity contribution is -0.115. The molecule has 3 rings (SSSR count). The summed E-state index contributed by atoms with van der Waals surface area (Å²) in [6.45, 7) is 1.83. The molecule has 0 spiro atoms. The Labute approximate surface area is 160 Å². The van der Waals surface area contributed by atoms with Crippen LogP contribution in [-0.2, 0) is 11.2 Å². The molecular formula is C18H15Cl2N3O3. The van der Waals surface area contributed by atoms with Crippen LogP contribution in [-0.4, -0.2) is 23.2 Å². The zero-order valence-electron chi connectivity index (χ0n) is 14.0. The fraction of sp³-hybridized carbons (Fsp3) is 0.167. The zero-order chi connectivity index (χ0) is 18.7. The van der Waals surface area contributed by atoms with Crippen LogP contribution in [0.15, 0.2) is 40.9 Å². The van der Waals surface area contributed by atoms with Crippen molar-refractivity contribution in [3.05, 3.63) is 57.8 Å². The molecule has 0 radical (unpaired) electrons. The molecule has 2 aromatic carbocycles. The predicted octanol–water partition coefficient (Wildman–Crippen LogP) is 4.54. The Bertz CT molecular complexity index is 957. The summed E-state index contributed by atoms with van der Waals surface area (Å²) in [6, 6.07) is 10.4. The molecule has 1 aromatic heterocycles. The van der Waals surface area contributed by atoms with E-state index in [-0.39, 0.29) is 24.0 Å². The van der Waals surface area contributed by atoms with Crippen LogP contribution in [0.2, 0.25) is 10.0 Å². The number of hydrogen-bond acceptors (Lipinski definition) is 5. The fourth-order valence-electron chi connectivity index (χ4n) is 2.36. The van der Waals surface area contributed by atoms with Gasteiger partial charge in [-0.05, 0) is 42.8 Å². The molecule has 0 unspecified atom stereocenters. The Morgan fingerprint density at radius 2 is 2.08 bits per heavy atom. The number of halogens is 2. The van der Waals surface area contributed by atoms with Gasteiger partial charge in [0.25, 0.3) is 5.89 Å². The summed E-state index contributed by atoms with van der Waals surface area (Å²) in [4.78, 5) is 16.5. The lowest BCUT2D eigenvalue weighted by Gasteiger charge is -2.08. The number of ether oxygens (including phenoxy) is 1. The minimum Gasteiger partial charge on any atom is -0.496 e. The topological polar surface area (TPSA) is 77.2 Å². The number of aromatic nitrogens is 2. The summed E-state index contributed by atoms with van der Waals surface area (Å²) in [7, 11) is 1.53. The van der Waals surface area contributed by atoms with E-state index < -0.39 is 0 Å². The van der Waals surface area contributed by atoms with Gasteiger partial charge < -0.3 is 14.6 Å². The van der Waals surface area contributed by atoms with Crippen molar-refractivity contribution in [2.45, 2.75) is 13.3 Å². The molecule has 6 nitrogen and oxygen atoms in total. The summed E-state index contributed by atoms with van der Waals surface area (Å²) < 4.78 is 10.5. The maximum Gasteiger partial charge on any atom is 0.261 e. The number of nitrogens with zero attached hydrogens (tertiary/aromatic N) is 2. The van der Waals surface area contributed by atoms with Gasteiger partial charge in [0, 0.05) is 15.7 Å². The van der Waals surface area contributed by atoms with Crippen LogP contribution in [0, 0.1) is 6.92 Å². The van der Waals surface area contributed by atoms with Gasteiger partial charge in [-0.3, -0.25) is 4.79 Å². The van der Waals surface area contributed by atoms with E-state index in [9.17, 15) is 4.79 Å². The van der Waals surface area contributed by atoms with Gasteiger partial charge in [0.05, 0.1) is 19.1 Å². The van der Waals surface area contributed by atoms with E-state index in [2.05, 4.69) is 15.5 Å². The first-order chi connectivity index (χ1) is 12.5. The molecule has 134 valence electrons. The number of hydrogen-bond donors (Lipinski definition) is 1. The maximum absolute atomic E-state index is 12.2. The second kappa shape index (κ2) is 7.76. The highest BCUT2D eigenvalue weighted by atomic mass is 35.5. The van der Waals surface area contributed by atoms with Gasteiger partial charge in [0.2, 0.25) is 5.91 Å².